The van der Waals surface area contributed by atoms with Crippen LogP contribution in [0.2, 0.25) is 0 Å². The number of ketones is 1. The number of unbranched alkanes of at least 4 members (excludes halogenated alkanes) is 4. The Balaban J connectivity index is 2.44. The molecule has 0 N–H and O–H groups in total. The second-order valence-electron chi connectivity index (χ2n) is 3.83. The Morgan fingerprint density at radius 1 is 1.38 bits per heavy atom. The summed E-state index contributed by atoms with van der Waals surface area (Å²) in [6, 6.07) is 1.93. The Bertz CT molecular complexity index is 392. The van der Waals surface area contributed by atoms with Crippen molar-refractivity contribution in [2.24, 2.45) is 0 Å². The molecule has 1 rings (SSSR count). The maximum Gasteiger partial charge on any atom is 0.170 e. The van der Waals surface area contributed by atoms with E-state index < -0.39 is 0 Å². The molecule has 0 aromatic carbocycles. The molecule has 2 heteroatoms. The Kier molecular flexibility index (Phi) is 5.88. The highest BCUT2D eigenvalue weighted by atomic mass is 32.1. The lowest BCUT2D eigenvalue weighted by Crippen LogP contribution is -1.89. The van der Waals surface area contributed by atoms with Crippen LogP contribution in [0.1, 0.15) is 61.2 Å². The van der Waals surface area contributed by atoms with Gasteiger partial charge in [0.05, 0.1) is 4.88 Å². The molecule has 0 atom stereocenters. The predicted molar refractivity (Wildman–Crippen MR) is 70.0 cm³/mol. The highest BCUT2D eigenvalue weighted by Crippen LogP contribution is 2.16. The van der Waals surface area contributed by atoms with Crippen molar-refractivity contribution in [2.75, 3.05) is 0 Å². The van der Waals surface area contributed by atoms with Gasteiger partial charge in [-0.2, -0.15) is 0 Å². The lowest BCUT2D eigenvalue weighted by molar-refractivity contribution is 0.102. The summed E-state index contributed by atoms with van der Waals surface area (Å²) >= 11 is 1.48. The van der Waals surface area contributed by atoms with Crippen molar-refractivity contribution in [3.05, 3.63) is 21.9 Å². The van der Waals surface area contributed by atoms with Gasteiger partial charge in [0, 0.05) is 12.0 Å². The van der Waals surface area contributed by atoms with E-state index in [1.807, 2.05) is 11.4 Å². The van der Waals surface area contributed by atoms with Crippen LogP contribution in [0, 0.1) is 11.8 Å². The molecule has 0 fully saturated rings. The summed E-state index contributed by atoms with van der Waals surface area (Å²) in [5, 5.41) is 1.93. The fraction of sp³-hybridized carbons (Fsp3) is 0.500. The monoisotopic (exact) mass is 234 g/mol. The van der Waals surface area contributed by atoms with Gasteiger partial charge >= 0.3 is 0 Å². The zero-order valence-electron chi connectivity index (χ0n) is 10.0. The van der Waals surface area contributed by atoms with Crippen LogP contribution < -0.4 is 0 Å². The highest BCUT2D eigenvalue weighted by Gasteiger charge is 2.05. The van der Waals surface area contributed by atoms with Gasteiger partial charge in [0.15, 0.2) is 5.78 Å². The van der Waals surface area contributed by atoms with Gasteiger partial charge in [-0.05, 0) is 24.8 Å². The number of carbonyl (C=O) groups is 1. The summed E-state index contributed by atoms with van der Waals surface area (Å²) in [5.41, 5.74) is 0.896. The second-order valence-corrected chi connectivity index (χ2v) is 4.75. The molecule has 0 amide bonds. The number of hydrogen-bond acceptors (Lipinski definition) is 2. The molecule has 86 valence electrons. The van der Waals surface area contributed by atoms with Crippen molar-refractivity contribution in [1.29, 1.82) is 0 Å². The number of Topliss-reactive ketones (excluding diaryl/α,β-unsaturated/α-hetero) is 1. The maximum atomic E-state index is 11.2. The predicted octanol–water partition coefficient (Wildman–Crippen LogP) is 4.27. The van der Waals surface area contributed by atoms with Crippen LogP contribution in [-0.4, -0.2) is 5.78 Å². The van der Waals surface area contributed by atoms with Crippen LogP contribution in [0.3, 0.4) is 0 Å². The van der Waals surface area contributed by atoms with E-state index in [9.17, 15) is 4.79 Å². The van der Waals surface area contributed by atoms with Crippen molar-refractivity contribution in [2.45, 2.75) is 46.0 Å². The second kappa shape index (κ2) is 7.24. The molecule has 1 aromatic heterocycles. The summed E-state index contributed by atoms with van der Waals surface area (Å²) in [5.74, 6) is 6.35. The molecular weight excluding hydrogens is 216 g/mol. The van der Waals surface area contributed by atoms with E-state index in [4.69, 9.17) is 0 Å². The van der Waals surface area contributed by atoms with Crippen LogP contribution in [0.5, 0.6) is 0 Å². The fourth-order valence-electron chi connectivity index (χ4n) is 1.48. The third-order valence-electron chi connectivity index (χ3n) is 2.36. The summed E-state index contributed by atoms with van der Waals surface area (Å²) < 4.78 is 0. The molecule has 0 aliphatic carbocycles. The molecule has 0 spiro atoms. The van der Waals surface area contributed by atoms with E-state index in [1.165, 1.54) is 37.0 Å². The van der Waals surface area contributed by atoms with Gasteiger partial charge in [-0.15, -0.1) is 11.3 Å². The van der Waals surface area contributed by atoms with Crippen molar-refractivity contribution in [3.8, 4) is 11.8 Å². The summed E-state index contributed by atoms with van der Waals surface area (Å²) in [6.45, 7) is 3.80. The molecule has 0 radical (unpaired) electrons. The Labute approximate surface area is 102 Å². The summed E-state index contributed by atoms with van der Waals surface area (Å²) in [4.78, 5) is 12.0. The molecule has 0 aliphatic rings. The lowest BCUT2D eigenvalue weighted by atomic mass is 10.1. The Morgan fingerprint density at radius 3 is 2.88 bits per heavy atom. The topological polar surface area (TPSA) is 17.1 Å². The fourth-order valence-corrected chi connectivity index (χ4v) is 2.23. The number of rotatable bonds is 5. The van der Waals surface area contributed by atoms with Gasteiger partial charge in [-0.1, -0.05) is 38.0 Å². The zero-order valence-corrected chi connectivity index (χ0v) is 10.8. The van der Waals surface area contributed by atoms with Crippen LogP contribution in [0.15, 0.2) is 11.4 Å². The molecule has 1 heterocycles. The van der Waals surface area contributed by atoms with Gasteiger partial charge in [-0.3, -0.25) is 4.79 Å². The first kappa shape index (κ1) is 13.0. The zero-order chi connectivity index (χ0) is 11.8. The molecule has 0 unspecified atom stereocenters. The minimum atomic E-state index is 0.116. The molecule has 0 saturated heterocycles. The maximum absolute atomic E-state index is 11.2. The minimum absolute atomic E-state index is 0.116. The molecule has 0 aliphatic heterocycles. The van der Waals surface area contributed by atoms with Crippen molar-refractivity contribution < 1.29 is 4.79 Å². The molecule has 1 nitrogen and oxygen atoms in total. The normalized spacial score (nSPS) is 9.62. The van der Waals surface area contributed by atoms with Crippen LogP contribution >= 0.6 is 11.3 Å². The first-order valence-electron chi connectivity index (χ1n) is 5.83. The first-order valence-corrected chi connectivity index (χ1v) is 6.71. The van der Waals surface area contributed by atoms with E-state index in [0.29, 0.717) is 0 Å². The first-order chi connectivity index (χ1) is 7.75. The molecule has 16 heavy (non-hydrogen) atoms. The van der Waals surface area contributed by atoms with Crippen LogP contribution in [-0.2, 0) is 0 Å². The number of thiophene rings is 1. The average Bonchev–Trinajstić information content (AvgIpc) is 2.71. The third kappa shape index (κ3) is 4.20. The molecule has 0 saturated carbocycles. The Morgan fingerprint density at radius 2 is 2.19 bits per heavy atom. The van der Waals surface area contributed by atoms with E-state index in [-0.39, 0.29) is 5.78 Å². The summed E-state index contributed by atoms with van der Waals surface area (Å²) in [7, 11) is 0. The Hall–Kier alpha value is -1.07. The van der Waals surface area contributed by atoms with E-state index in [0.717, 1.165) is 16.9 Å². The van der Waals surface area contributed by atoms with Crippen molar-refractivity contribution in [1.82, 2.24) is 0 Å². The standard InChI is InChI=1S/C14H18OS/c1-3-4-5-6-7-8-9-13-10-11-16-14(13)12(2)15/h10-11H,3-7H2,1-2H3. The largest absolute Gasteiger partial charge is 0.294 e. The van der Waals surface area contributed by atoms with E-state index in [1.54, 1.807) is 6.92 Å². The van der Waals surface area contributed by atoms with Crippen LogP contribution in [0.4, 0.5) is 0 Å². The van der Waals surface area contributed by atoms with Gasteiger partial charge in [0.25, 0.3) is 0 Å². The van der Waals surface area contributed by atoms with Crippen molar-refractivity contribution >= 4 is 17.1 Å². The number of carbonyl (C=O) groups excluding carboxylic acids is 1. The van der Waals surface area contributed by atoms with Gasteiger partial charge < -0.3 is 0 Å². The van der Waals surface area contributed by atoms with Gasteiger partial charge in [0.2, 0.25) is 0 Å². The van der Waals surface area contributed by atoms with Crippen LogP contribution in [0.25, 0.3) is 0 Å². The molecular formula is C14H18OS. The smallest absolute Gasteiger partial charge is 0.170 e. The SMILES string of the molecule is CCCCCCC#Cc1ccsc1C(C)=O. The minimum Gasteiger partial charge on any atom is -0.294 e. The van der Waals surface area contributed by atoms with E-state index >= 15 is 0 Å². The van der Waals surface area contributed by atoms with Crippen molar-refractivity contribution in [3.63, 3.8) is 0 Å². The summed E-state index contributed by atoms with van der Waals surface area (Å²) in [6.07, 6.45) is 5.91. The highest BCUT2D eigenvalue weighted by molar-refractivity contribution is 7.12. The lowest BCUT2D eigenvalue weighted by Gasteiger charge is -1.92. The third-order valence-corrected chi connectivity index (χ3v) is 3.38. The quantitative estimate of drug-likeness (QED) is 0.422. The van der Waals surface area contributed by atoms with Gasteiger partial charge in [0.1, 0.15) is 0 Å². The number of hydrogen-bond donors (Lipinski definition) is 0. The molecule has 0 bridgehead atoms. The molecule has 1 aromatic rings. The average molecular weight is 234 g/mol. The van der Waals surface area contributed by atoms with E-state index in [2.05, 4.69) is 18.8 Å². The van der Waals surface area contributed by atoms with Gasteiger partial charge in [-0.25, -0.2) is 0 Å².